The third-order valence-corrected chi connectivity index (χ3v) is 3.06. The summed E-state index contributed by atoms with van der Waals surface area (Å²) in [6, 6.07) is 4.48. The highest BCUT2D eigenvalue weighted by Crippen LogP contribution is 2.22. The average Bonchev–Trinajstić information content (AvgIpc) is 2.32. The molecular weight excluding hydrogens is 246 g/mol. The van der Waals surface area contributed by atoms with E-state index in [9.17, 15) is 8.78 Å². The van der Waals surface area contributed by atoms with Gasteiger partial charge in [0.1, 0.15) is 0 Å². The first-order chi connectivity index (χ1) is 7.72. The summed E-state index contributed by atoms with van der Waals surface area (Å²) in [5.41, 5.74) is 0.771. The van der Waals surface area contributed by atoms with Gasteiger partial charge in [-0.15, -0.1) is 12.4 Å². The van der Waals surface area contributed by atoms with E-state index in [2.05, 4.69) is 17.1 Å². The Morgan fingerprint density at radius 3 is 2.76 bits per heavy atom. The molecule has 1 saturated heterocycles. The summed E-state index contributed by atoms with van der Waals surface area (Å²) in [5, 5.41) is 3.30. The van der Waals surface area contributed by atoms with E-state index >= 15 is 0 Å². The van der Waals surface area contributed by atoms with Crippen molar-refractivity contribution in [1.29, 1.82) is 0 Å². The molecule has 1 fully saturated rings. The lowest BCUT2D eigenvalue weighted by Crippen LogP contribution is -2.51. The van der Waals surface area contributed by atoms with Gasteiger partial charge in [0.25, 0.3) is 0 Å². The molecule has 1 aromatic carbocycles. The Morgan fingerprint density at radius 2 is 2.12 bits per heavy atom. The van der Waals surface area contributed by atoms with Crippen LogP contribution in [0.15, 0.2) is 18.2 Å². The van der Waals surface area contributed by atoms with Crippen molar-refractivity contribution in [2.45, 2.75) is 19.4 Å². The van der Waals surface area contributed by atoms with Crippen LogP contribution in [-0.2, 0) is 0 Å². The SMILES string of the molecule is CCC1CNCCN1c1ccc(F)c(F)c1.Cl. The number of piperazine rings is 1. The molecule has 1 N–H and O–H groups in total. The van der Waals surface area contributed by atoms with Crippen LogP contribution in [0.5, 0.6) is 0 Å². The van der Waals surface area contributed by atoms with Crippen LogP contribution >= 0.6 is 12.4 Å². The molecule has 0 bridgehead atoms. The maximum absolute atomic E-state index is 13.1. The zero-order chi connectivity index (χ0) is 11.5. The summed E-state index contributed by atoms with van der Waals surface area (Å²) < 4.78 is 26.0. The molecule has 0 amide bonds. The van der Waals surface area contributed by atoms with E-state index in [-0.39, 0.29) is 12.4 Å². The van der Waals surface area contributed by atoms with Crippen molar-refractivity contribution in [3.05, 3.63) is 29.8 Å². The largest absolute Gasteiger partial charge is 0.366 e. The lowest BCUT2D eigenvalue weighted by atomic mass is 10.1. The minimum absolute atomic E-state index is 0. The van der Waals surface area contributed by atoms with Gasteiger partial charge in [-0.1, -0.05) is 6.92 Å². The normalized spacial score (nSPS) is 19.9. The molecule has 5 heteroatoms. The third-order valence-electron chi connectivity index (χ3n) is 3.06. The molecule has 0 spiro atoms. The van der Waals surface area contributed by atoms with Crippen LogP contribution in [0.1, 0.15) is 13.3 Å². The number of halogens is 3. The van der Waals surface area contributed by atoms with Crippen LogP contribution in [0, 0.1) is 11.6 Å². The van der Waals surface area contributed by atoms with Gasteiger partial charge in [-0.2, -0.15) is 0 Å². The molecule has 2 nitrogen and oxygen atoms in total. The molecule has 17 heavy (non-hydrogen) atoms. The smallest absolute Gasteiger partial charge is 0.160 e. The summed E-state index contributed by atoms with van der Waals surface area (Å²) in [4.78, 5) is 2.14. The molecule has 1 aromatic rings. The van der Waals surface area contributed by atoms with E-state index in [0.717, 1.165) is 31.7 Å². The molecule has 96 valence electrons. The third kappa shape index (κ3) is 3.07. The standard InChI is InChI=1S/C12H16F2N2.ClH/c1-2-9-8-15-5-6-16(9)10-3-4-11(13)12(14)7-10;/h3-4,7,9,15H,2,5-6,8H2,1H3;1H. The Kier molecular flexibility index (Phi) is 5.15. The molecule has 0 radical (unpaired) electrons. The molecule has 0 saturated carbocycles. The maximum atomic E-state index is 13.1. The van der Waals surface area contributed by atoms with E-state index < -0.39 is 11.6 Å². The second-order valence-corrected chi connectivity index (χ2v) is 4.06. The van der Waals surface area contributed by atoms with Crippen LogP contribution in [0.3, 0.4) is 0 Å². The lowest BCUT2D eigenvalue weighted by Gasteiger charge is -2.37. The molecule has 1 atom stereocenters. The fourth-order valence-corrected chi connectivity index (χ4v) is 2.13. The lowest BCUT2D eigenvalue weighted by molar-refractivity contribution is 0.463. The summed E-state index contributed by atoms with van der Waals surface area (Å²) in [6.45, 7) is 4.72. The topological polar surface area (TPSA) is 15.3 Å². The molecule has 1 heterocycles. The highest BCUT2D eigenvalue weighted by molar-refractivity contribution is 5.85. The number of nitrogens with one attached hydrogen (secondary N) is 1. The first-order valence-electron chi connectivity index (χ1n) is 5.64. The van der Waals surface area contributed by atoms with Gasteiger partial charge in [-0.05, 0) is 18.6 Å². The molecule has 1 unspecified atom stereocenters. The van der Waals surface area contributed by atoms with E-state index in [1.165, 1.54) is 12.1 Å². The Morgan fingerprint density at radius 1 is 1.35 bits per heavy atom. The number of hydrogen-bond acceptors (Lipinski definition) is 2. The van der Waals surface area contributed by atoms with Gasteiger partial charge in [-0.25, -0.2) is 8.78 Å². The number of hydrogen-bond donors (Lipinski definition) is 1. The molecular formula is C12H17ClF2N2. The predicted molar refractivity (Wildman–Crippen MR) is 67.9 cm³/mol. The summed E-state index contributed by atoms with van der Waals surface area (Å²) in [7, 11) is 0. The fraction of sp³-hybridized carbons (Fsp3) is 0.500. The Balaban J connectivity index is 0.00000144. The van der Waals surface area contributed by atoms with Gasteiger partial charge >= 0.3 is 0 Å². The molecule has 0 aromatic heterocycles. The van der Waals surface area contributed by atoms with Crippen LogP contribution in [0.2, 0.25) is 0 Å². The number of benzene rings is 1. The first kappa shape index (κ1) is 14.2. The van der Waals surface area contributed by atoms with Crippen molar-refractivity contribution in [2.75, 3.05) is 24.5 Å². The van der Waals surface area contributed by atoms with E-state index in [0.29, 0.717) is 6.04 Å². The van der Waals surface area contributed by atoms with Crippen molar-refractivity contribution in [3.63, 3.8) is 0 Å². The van der Waals surface area contributed by atoms with Crippen molar-refractivity contribution < 1.29 is 8.78 Å². The summed E-state index contributed by atoms with van der Waals surface area (Å²) in [5.74, 6) is -1.56. The van der Waals surface area contributed by atoms with Gasteiger partial charge < -0.3 is 10.2 Å². The zero-order valence-electron chi connectivity index (χ0n) is 9.75. The molecule has 0 aliphatic carbocycles. The summed E-state index contributed by atoms with van der Waals surface area (Å²) >= 11 is 0. The predicted octanol–water partition coefficient (Wildman–Crippen LogP) is 2.57. The highest BCUT2D eigenvalue weighted by atomic mass is 35.5. The maximum Gasteiger partial charge on any atom is 0.160 e. The van der Waals surface area contributed by atoms with Crippen LogP contribution in [-0.4, -0.2) is 25.7 Å². The van der Waals surface area contributed by atoms with E-state index in [1.54, 1.807) is 6.07 Å². The van der Waals surface area contributed by atoms with Crippen molar-refractivity contribution >= 4 is 18.1 Å². The van der Waals surface area contributed by atoms with Crippen LogP contribution in [0.25, 0.3) is 0 Å². The highest BCUT2D eigenvalue weighted by Gasteiger charge is 2.21. The van der Waals surface area contributed by atoms with Crippen molar-refractivity contribution in [3.8, 4) is 0 Å². The Labute approximate surface area is 106 Å². The second-order valence-electron chi connectivity index (χ2n) is 4.06. The molecule has 1 aliphatic rings. The van der Waals surface area contributed by atoms with Crippen molar-refractivity contribution in [2.24, 2.45) is 0 Å². The quantitative estimate of drug-likeness (QED) is 0.881. The van der Waals surface area contributed by atoms with E-state index in [1.807, 2.05) is 0 Å². The molecule has 2 rings (SSSR count). The van der Waals surface area contributed by atoms with Gasteiger partial charge in [0, 0.05) is 37.4 Å². The van der Waals surface area contributed by atoms with Gasteiger partial charge in [0.2, 0.25) is 0 Å². The Bertz CT molecular complexity index is 374. The number of nitrogens with zero attached hydrogens (tertiary/aromatic N) is 1. The Hall–Kier alpha value is -0.870. The molecule has 1 aliphatic heterocycles. The van der Waals surface area contributed by atoms with Gasteiger partial charge in [-0.3, -0.25) is 0 Å². The number of anilines is 1. The van der Waals surface area contributed by atoms with E-state index in [4.69, 9.17) is 0 Å². The second kappa shape index (κ2) is 6.17. The number of rotatable bonds is 2. The van der Waals surface area contributed by atoms with Gasteiger partial charge in [0.15, 0.2) is 11.6 Å². The van der Waals surface area contributed by atoms with Crippen molar-refractivity contribution in [1.82, 2.24) is 5.32 Å². The zero-order valence-corrected chi connectivity index (χ0v) is 10.6. The summed E-state index contributed by atoms with van der Waals surface area (Å²) in [6.07, 6.45) is 0.992. The monoisotopic (exact) mass is 262 g/mol. The van der Waals surface area contributed by atoms with Crippen LogP contribution in [0.4, 0.5) is 14.5 Å². The first-order valence-corrected chi connectivity index (χ1v) is 5.64. The minimum Gasteiger partial charge on any atom is -0.366 e. The van der Waals surface area contributed by atoms with Crippen LogP contribution < -0.4 is 10.2 Å². The minimum atomic E-state index is -0.785. The fourth-order valence-electron chi connectivity index (χ4n) is 2.13. The van der Waals surface area contributed by atoms with Gasteiger partial charge in [0.05, 0.1) is 0 Å². The average molecular weight is 263 g/mol.